The van der Waals surface area contributed by atoms with Crippen molar-refractivity contribution in [3.63, 3.8) is 0 Å². The number of hydrogen-bond acceptors (Lipinski definition) is 4. The fraction of sp³-hybridized carbons (Fsp3) is 0. The van der Waals surface area contributed by atoms with E-state index in [2.05, 4.69) is 25.9 Å². The molecule has 0 N–H and O–H groups in total. The third-order valence-corrected chi connectivity index (χ3v) is 3.69. The van der Waals surface area contributed by atoms with Crippen molar-refractivity contribution in [3.8, 4) is 0 Å². The molecule has 2 rings (SSSR count). The van der Waals surface area contributed by atoms with Crippen LogP contribution in [0.2, 0.25) is 0 Å². The first-order chi connectivity index (χ1) is 7.79. The van der Waals surface area contributed by atoms with Crippen molar-refractivity contribution in [2.75, 3.05) is 0 Å². The van der Waals surface area contributed by atoms with Crippen LogP contribution in [-0.2, 0) is 0 Å². The molecule has 16 heavy (non-hydrogen) atoms. The molecule has 0 saturated heterocycles. The van der Waals surface area contributed by atoms with Crippen molar-refractivity contribution in [2.45, 2.75) is 10.1 Å². The van der Waals surface area contributed by atoms with Gasteiger partial charge in [0.1, 0.15) is 10.1 Å². The first kappa shape index (κ1) is 11.3. The van der Waals surface area contributed by atoms with Gasteiger partial charge in [0, 0.05) is 18.0 Å². The van der Waals surface area contributed by atoms with E-state index in [1.807, 2.05) is 12.1 Å². The number of pyridine rings is 2. The van der Waals surface area contributed by atoms with Crippen molar-refractivity contribution in [1.82, 2.24) is 9.97 Å². The molecular weight excluding hydrogens is 288 g/mol. The van der Waals surface area contributed by atoms with Crippen molar-refractivity contribution in [2.24, 2.45) is 0 Å². The average molecular weight is 295 g/mol. The number of rotatable bonds is 3. The zero-order chi connectivity index (χ0) is 11.4. The molecule has 80 valence electrons. The van der Waals surface area contributed by atoms with E-state index < -0.39 is 0 Å². The van der Waals surface area contributed by atoms with Crippen LogP contribution >= 0.6 is 27.7 Å². The van der Waals surface area contributed by atoms with Gasteiger partial charge in [-0.3, -0.25) is 4.79 Å². The molecule has 0 amide bonds. The first-order valence-electron chi connectivity index (χ1n) is 4.49. The molecule has 2 heterocycles. The Hall–Kier alpha value is -1.20. The lowest BCUT2D eigenvalue weighted by atomic mass is 10.3. The zero-order valence-corrected chi connectivity index (χ0v) is 10.5. The summed E-state index contributed by atoms with van der Waals surface area (Å²) < 4.78 is 0.932. The molecule has 0 unspecified atom stereocenters. The Morgan fingerprint density at radius 3 is 2.75 bits per heavy atom. The number of halogens is 1. The van der Waals surface area contributed by atoms with Crippen LogP contribution < -0.4 is 0 Å². The molecule has 2 aromatic heterocycles. The third-order valence-electron chi connectivity index (χ3n) is 1.82. The Morgan fingerprint density at radius 1 is 1.25 bits per heavy atom. The Kier molecular flexibility index (Phi) is 3.69. The van der Waals surface area contributed by atoms with E-state index in [9.17, 15) is 4.79 Å². The summed E-state index contributed by atoms with van der Waals surface area (Å²) in [6.45, 7) is 0. The molecule has 0 fully saturated rings. The number of aldehydes is 1. The predicted molar refractivity (Wildman–Crippen MR) is 65.7 cm³/mol. The van der Waals surface area contributed by atoms with Crippen LogP contribution in [0.25, 0.3) is 0 Å². The van der Waals surface area contributed by atoms with Crippen molar-refractivity contribution < 1.29 is 4.79 Å². The maximum Gasteiger partial charge on any atom is 0.151 e. The quantitative estimate of drug-likeness (QED) is 0.816. The van der Waals surface area contributed by atoms with Gasteiger partial charge in [0.05, 0.1) is 4.47 Å². The molecule has 0 aliphatic rings. The highest BCUT2D eigenvalue weighted by molar-refractivity contribution is 9.10. The van der Waals surface area contributed by atoms with E-state index in [0.29, 0.717) is 5.56 Å². The third kappa shape index (κ3) is 2.68. The minimum atomic E-state index is 0.574. The number of carbonyl (C=O) groups is 1. The molecule has 2 aromatic rings. The van der Waals surface area contributed by atoms with Crippen molar-refractivity contribution in [3.05, 3.63) is 46.7 Å². The van der Waals surface area contributed by atoms with E-state index in [1.54, 1.807) is 24.5 Å². The molecule has 0 saturated carbocycles. The van der Waals surface area contributed by atoms with E-state index in [0.717, 1.165) is 20.8 Å². The fourth-order valence-electron chi connectivity index (χ4n) is 1.07. The largest absolute Gasteiger partial charge is 0.298 e. The lowest BCUT2D eigenvalue weighted by Gasteiger charge is -2.01. The number of nitrogens with zero attached hydrogens (tertiary/aromatic N) is 2. The second-order valence-corrected chi connectivity index (χ2v) is 4.80. The number of hydrogen-bond donors (Lipinski definition) is 0. The van der Waals surface area contributed by atoms with Gasteiger partial charge in [-0.25, -0.2) is 9.97 Å². The number of carbonyl (C=O) groups excluding carboxylic acids is 1. The molecule has 5 heteroatoms. The van der Waals surface area contributed by atoms with Gasteiger partial charge in [-0.15, -0.1) is 0 Å². The molecule has 0 bridgehead atoms. The predicted octanol–water partition coefficient (Wildman–Crippen LogP) is 3.20. The normalized spacial score (nSPS) is 10.1. The van der Waals surface area contributed by atoms with Gasteiger partial charge in [0.25, 0.3) is 0 Å². The van der Waals surface area contributed by atoms with Crippen LogP contribution in [0, 0.1) is 0 Å². The molecule has 0 aliphatic heterocycles. The van der Waals surface area contributed by atoms with Crippen molar-refractivity contribution >= 4 is 34.0 Å². The molecule has 0 aromatic carbocycles. The van der Waals surface area contributed by atoms with Gasteiger partial charge in [0.15, 0.2) is 6.29 Å². The smallest absolute Gasteiger partial charge is 0.151 e. The Morgan fingerprint density at radius 2 is 2.12 bits per heavy atom. The first-order valence-corrected chi connectivity index (χ1v) is 6.10. The summed E-state index contributed by atoms with van der Waals surface area (Å²) in [7, 11) is 0. The summed E-state index contributed by atoms with van der Waals surface area (Å²) >= 11 is 4.86. The van der Waals surface area contributed by atoms with Crippen LogP contribution in [0.5, 0.6) is 0 Å². The standard InChI is InChI=1S/C11H7BrN2OS/c12-9-2-1-5-13-11(9)16-10-4-3-8(7-15)6-14-10/h1-7H. The van der Waals surface area contributed by atoms with Gasteiger partial charge >= 0.3 is 0 Å². The van der Waals surface area contributed by atoms with Crippen LogP contribution in [0.4, 0.5) is 0 Å². The van der Waals surface area contributed by atoms with Crippen LogP contribution in [0.3, 0.4) is 0 Å². The average Bonchev–Trinajstić information content (AvgIpc) is 2.33. The van der Waals surface area contributed by atoms with Crippen molar-refractivity contribution in [1.29, 1.82) is 0 Å². The molecule has 0 spiro atoms. The summed E-state index contributed by atoms with van der Waals surface area (Å²) in [5, 5.41) is 1.67. The molecule has 3 nitrogen and oxygen atoms in total. The highest BCUT2D eigenvalue weighted by Gasteiger charge is 2.03. The lowest BCUT2D eigenvalue weighted by Crippen LogP contribution is -1.86. The van der Waals surface area contributed by atoms with Gasteiger partial charge in [-0.1, -0.05) is 0 Å². The van der Waals surface area contributed by atoms with Crippen LogP contribution in [-0.4, -0.2) is 16.3 Å². The maximum atomic E-state index is 10.5. The summed E-state index contributed by atoms with van der Waals surface area (Å²) in [4.78, 5) is 18.8. The van der Waals surface area contributed by atoms with E-state index >= 15 is 0 Å². The van der Waals surface area contributed by atoms with Gasteiger partial charge in [0.2, 0.25) is 0 Å². The Balaban J connectivity index is 2.21. The fourth-order valence-corrected chi connectivity index (χ4v) is 2.28. The summed E-state index contributed by atoms with van der Waals surface area (Å²) in [6.07, 6.45) is 4.05. The van der Waals surface area contributed by atoms with Crippen LogP contribution in [0.1, 0.15) is 10.4 Å². The Labute approximate surface area is 105 Å². The molecule has 0 radical (unpaired) electrons. The van der Waals surface area contributed by atoms with E-state index in [4.69, 9.17) is 0 Å². The minimum Gasteiger partial charge on any atom is -0.298 e. The van der Waals surface area contributed by atoms with E-state index in [1.165, 1.54) is 11.8 Å². The Bertz CT molecular complexity index is 502. The van der Waals surface area contributed by atoms with Crippen LogP contribution in [0.15, 0.2) is 51.2 Å². The molecule has 0 atom stereocenters. The SMILES string of the molecule is O=Cc1ccc(Sc2ncccc2Br)nc1. The second-order valence-electron chi connectivity index (χ2n) is 2.94. The van der Waals surface area contributed by atoms with Gasteiger partial charge < -0.3 is 0 Å². The summed E-state index contributed by atoms with van der Waals surface area (Å²) in [6, 6.07) is 7.32. The zero-order valence-electron chi connectivity index (χ0n) is 8.13. The monoisotopic (exact) mass is 294 g/mol. The minimum absolute atomic E-state index is 0.574. The topological polar surface area (TPSA) is 42.9 Å². The van der Waals surface area contributed by atoms with Gasteiger partial charge in [-0.05, 0) is 52.0 Å². The van der Waals surface area contributed by atoms with Gasteiger partial charge in [-0.2, -0.15) is 0 Å². The molecular formula is C11H7BrN2OS. The highest BCUT2D eigenvalue weighted by atomic mass is 79.9. The molecule has 0 aliphatic carbocycles. The second kappa shape index (κ2) is 5.23. The highest BCUT2D eigenvalue weighted by Crippen LogP contribution is 2.29. The van der Waals surface area contributed by atoms with E-state index in [-0.39, 0.29) is 0 Å². The maximum absolute atomic E-state index is 10.5. The summed E-state index contributed by atoms with van der Waals surface area (Å²) in [5.74, 6) is 0. The number of aromatic nitrogens is 2. The summed E-state index contributed by atoms with van der Waals surface area (Å²) in [5.41, 5.74) is 0.574. The lowest BCUT2D eigenvalue weighted by molar-refractivity contribution is 0.112.